The third-order valence-electron chi connectivity index (χ3n) is 2.19. The van der Waals surface area contributed by atoms with Gasteiger partial charge in [0.1, 0.15) is 0 Å². The van der Waals surface area contributed by atoms with Crippen LogP contribution in [0, 0.1) is 6.92 Å². The molecule has 0 saturated carbocycles. The van der Waals surface area contributed by atoms with Crippen molar-refractivity contribution in [2.24, 2.45) is 11.5 Å². The smallest absolute Gasteiger partial charge is 0.0295 e. The van der Waals surface area contributed by atoms with Gasteiger partial charge in [-0.15, -0.1) is 0 Å². The van der Waals surface area contributed by atoms with Gasteiger partial charge in [0.05, 0.1) is 0 Å². The molecule has 0 unspecified atom stereocenters. The standard InChI is InChI=1S/C11H18N2/c1-9-4-2-5-10(8-9)11(13)6-3-7-12/h2,4-5,8,11H,3,6-7,12-13H2,1H3/t11-/m1/s1. The molecule has 1 aromatic carbocycles. The zero-order valence-electron chi connectivity index (χ0n) is 8.16. The Morgan fingerprint density at radius 1 is 1.38 bits per heavy atom. The summed E-state index contributed by atoms with van der Waals surface area (Å²) < 4.78 is 0. The molecule has 1 rings (SSSR count). The van der Waals surface area contributed by atoms with Crippen molar-refractivity contribution in [3.05, 3.63) is 35.4 Å². The van der Waals surface area contributed by atoms with E-state index in [1.807, 2.05) is 6.07 Å². The minimum atomic E-state index is 0.142. The van der Waals surface area contributed by atoms with Crippen molar-refractivity contribution in [1.82, 2.24) is 0 Å². The van der Waals surface area contributed by atoms with Gasteiger partial charge in [0, 0.05) is 6.04 Å². The summed E-state index contributed by atoms with van der Waals surface area (Å²) in [6, 6.07) is 8.49. The Balaban J connectivity index is 2.60. The van der Waals surface area contributed by atoms with Gasteiger partial charge < -0.3 is 11.5 Å². The molecule has 0 bridgehead atoms. The van der Waals surface area contributed by atoms with E-state index in [4.69, 9.17) is 11.5 Å². The average Bonchev–Trinajstić information content (AvgIpc) is 2.14. The topological polar surface area (TPSA) is 52.0 Å². The van der Waals surface area contributed by atoms with Crippen molar-refractivity contribution < 1.29 is 0 Å². The molecule has 1 aromatic rings. The summed E-state index contributed by atoms with van der Waals surface area (Å²) in [6.07, 6.45) is 1.97. The van der Waals surface area contributed by atoms with Gasteiger partial charge >= 0.3 is 0 Å². The van der Waals surface area contributed by atoms with Gasteiger partial charge in [0.15, 0.2) is 0 Å². The lowest BCUT2D eigenvalue weighted by molar-refractivity contribution is 0.617. The molecular formula is C11H18N2. The summed E-state index contributed by atoms with van der Waals surface area (Å²) >= 11 is 0. The quantitative estimate of drug-likeness (QED) is 0.737. The predicted molar refractivity (Wildman–Crippen MR) is 56.4 cm³/mol. The average molecular weight is 178 g/mol. The van der Waals surface area contributed by atoms with Crippen molar-refractivity contribution in [2.45, 2.75) is 25.8 Å². The third-order valence-corrected chi connectivity index (χ3v) is 2.19. The molecule has 0 aromatic heterocycles. The highest BCUT2D eigenvalue weighted by Gasteiger charge is 2.04. The first kappa shape index (κ1) is 10.2. The highest BCUT2D eigenvalue weighted by molar-refractivity contribution is 5.24. The SMILES string of the molecule is Cc1cccc([C@H](N)CCCN)c1. The first-order chi connectivity index (χ1) is 6.24. The van der Waals surface area contributed by atoms with Crippen LogP contribution in [0.2, 0.25) is 0 Å². The molecule has 0 aliphatic heterocycles. The summed E-state index contributed by atoms with van der Waals surface area (Å²) in [6.45, 7) is 2.80. The monoisotopic (exact) mass is 178 g/mol. The van der Waals surface area contributed by atoms with E-state index in [0.717, 1.165) is 19.4 Å². The Morgan fingerprint density at radius 3 is 2.77 bits per heavy atom. The van der Waals surface area contributed by atoms with Crippen LogP contribution in [0.4, 0.5) is 0 Å². The number of benzene rings is 1. The summed E-state index contributed by atoms with van der Waals surface area (Å²) in [5.41, 5.74) is 13.9. The molecule has 0 fully saturated rings. The minimum absolute atomic E-state index is 0.142. The number of rotatable bonds is 4. The van der Waals surface area contributed by atoms with Gasteiger partial charge in [-0.3, -0.25) is 0 Å². The molecule has 72 valence electrons. The van der Waals surface area contributed by atoms with E-state index >= 15 is 0 Å². The largest absolute Gasteiger partial charge is 0.330 e. The van der Waals surface area contributed by atoms with E-state index in [1.54, 1.807) is 0 Å². The van der Waals surface area contributed by atoms with Gasteiger partial charge in [-0.05, 0) is 31.9 Å². The Hall–Kier alpha value is -0.860. The maximum absolute atomic E-state index is 5.99. The third kappa shape index (κ3) is 3.17. The molecule has 2 nitrogen and oxygen atoms in total. The number of aryl methyl sites for hydroxylation is 1. The summed E-state index contributed by atoms with van der Waals surface area (Å²) in [5.74, 6) is 0. The lowest BCUT2D eigenvalue weighted by Crippen LogP contribution is -2.12. The van der Waals surface area contributed by atoms with Crippen LogP contribution in [0.1, 0.15) is 30.0 Å². The molecule has 0 amide bonds. The van der Waals surface area contributed by atoms with Gasteiger partial charge in [-0.1, -0.05) is 29.8 Å². The van der Waals surface area contributed by atoms with Crippen molar-refractivity contribution >= 4 is 0 Å². The van der Waals surface area contributed by atoms with Gasteiger partial charge in [0.2, 0.25) is 0 Å². The number of hydrogen-bond donors (Lipinski definition) is 2. The van der Waals surface area contributed by atoms with E-state index in [9.17, 15) is 0 Å². The fourth-order valence-corrected chi connectivity index (χ4v) is 1.41. The second-order valence-electron chi connectivity index (χ2n) is 3.45. The van der Waals surface area contributed by atoms with Gasteiger partial charge in [-0.25, -0.2) is 0 Å². The van der Waals surface area contributed by atoms with Gasteiger partial charge in [-0.2, -0.15) is 0 Å². The summed E-state index contributed by atoms with van der Waals surface area (Å²) in [5, 5.41) is 0. The van der Waals surface area contributed by atoms with Crippen LogP contribution in [0.3, 0.4) is 0 Å². The van der Waals surface area contributed by atoms with Crippen molar-refractivity contribution in [2.75, 3.05) is 6.54 Å². The first-order valence-electron chi connectivity index (χ1n) is 4.76. The van der Waals surface area contributed by atoms with Crippen LogP contribution in [0.25, 0.3) is 0 Å². The molecule has 0 aliphatic rings. The molecule has 13 heavy (non-hydrogen) atoms. The molecular weight excluding hydrogens is 160 g/mol. The Bertz CT molecular complexity index is 258. The highest BCUT2D eigenvalue weighted by atomic mass is 14.6. The van der Waals surface area contributed by atoms with Crippen molar-refractivity contribution in [3.63, 3.8) is 0 Å². The molecule has 0 heterocycles. The van der Waals surface area contributed by atoms with E-state index in [1.165, 1.54) is 11.1 Å². The molecule has 2 heteroatoms. The second-order valence-corrected chi connectivity index (χ2v) is 3.45. The predicted octanol–water partition coefficient (Wildman–Crippen LogP) is 1.73. The zero-order chi connectivity index (χ0) is 9.68. The highest BCUT2D eigenvalue weighted by Crippen LogP contribution is 2.16. The Labute approximate surface area is 79.9 Å². The lowest BCUT2D eigenvalue weighted by Gasteiger charge is -2.11. The van der Waals surface area contributed by atoms with Crippen LogP contribution in [-0.4, -0.2) is 6.54 Å². The fourth-order valence-electron chi connectivity index (χ4n) is 1.41. The number of nitrogens with two attached hydrogens (primary N) is 2. The zero-order valence-corrected chi connectivity index (χ0v) is 8.16. The maximum atomic E-state index is 5.99. The van der Waals surface area contributed by atoms with Crippen molar-refractivity contribution in [1.29, 1.82) is 0 Å². The second kappa shape index (κ2) is 5.00. The first-order valence-corrected chi connectivity index (χ1v) is 4.76. The molecule has 4 N–H and O–H groups in total. The van der Waals surface area contributed by atoms with Crippen LogP contribution in [0.15, 0.2) is 24.3 Å². The molecule has 0 radical (unpaired) electrons. The summed E-state index contributed by atoms with van der Waals surface area (Å²) in [4.78, 5) is 0. The normalized spacial score (nSPS) is 12.8. The summed E-state index contributed by atoms with van der Waals surface area (Å²) in [7, 11) is 0. The van der Waals surface area contributed by atoms with Gasteiger partial charge in [0.25, 0.3) is 0 Å². The molecule has 0 aliphatic carbocycles. The van der Waals surface area contributed by atoms with Crippen LogP contribution in [0.5, 0.6) is 0 Å². The Morgan fingerprint density at radius 2 is 2.15 bits per heavy atom. The van der Waals surface area contributed by atoms with E-state index in [2.05, 4.69) is 25.1 Å². The molecule has 0 saturated heterocycles. The van der Waals surface area contributed by atoms with Crippen molar-refractivity contribution in [3.8, 4) is 0 Å². The number of hydrogen-bond acceptors (Lipinski definition) is 2. The Kier molecular flexibility index (Phi) is 3.93. The lowest BCUT2D eigenvalue weighted by atomic mass is 10.0. The van der Waals surface area contributed by atoms with Crippen LogP contribution in [-0.2, 0) is 0 Å². The molecule has 0 spiro atoms. The van der Waals surface area contributed by atoms with E-state index < -0.39 is 0 Å². The minimum Gasteiger partial charge on any atom is -0.330 e. The van der Waals surface area contributed by atoms with E-state index in [0.29, 0.717) is 0 Å². The van der Waals surface area contributed by atoms with Crippen LogP contribution >= 0.6 is 0 Å². The maximum Gasteiger partial charge on any atom is 0.0295 e. The van der Waals surface area contributed by atoms with E-state index in [-0.39, 0.29) is 6.04 Å². The fraction of sp³-hybridized carbons (Fsp3) is 0.455. The molecule has 1 atom stereocenters. The van der Waals surface area contributed by atoms with Crippen LogP contribution < -0.4 is 11.5 Å².